The Hall–Kier alpha value is -1.30. The van der Waals surface area contributed by atoms with E-state index in [1.54, 1.807) is 0 Å². The summed E-state index contributed by atoms with van der Waals surface area (Å²) in [5, 5.41) is 23.2. The number of phenols is 1. The molecule has 184 valence electrons. The minimum atomic E-state index is -0.902. The van der Waals surface area contributed by atoms with Gasteiger partial charge in [0, 0.05) is 47.5 Å². The van der Waals surface area contributed by atoms with Crippen molar-refractivity contribution in [2.45, 2.75) is 107 Å². The fourth-order valence-electron chi connectivity index (χ4n) is 10.5. The lowest BCUT2D eigenvalue weighted by molar-refractivity contribution is -0.290. The summed E-state index contributed by atoms with van der Waals surface area (Å²) in [7, 11) is 1.83. The van der Waals surface area contributed by atoms with Gasteiger partial charge < -0.3 is 19.7 Å². The van der Waals surface area contributed by atoms with Gasteiger partial charge in [-0.1, -0.05) is 26.8 Å². The van der Waals surface area contributed by atoms with E-state index in [-0.39, 0.29) is 39.6 Å². The van der Waals surface area contributed by atoms with Gasteiger partial charge in [0.2, 0.25) is 0 Å². The van der Waals surface area contributed by atoms with E-state index in [0.717, 1.165) is 43.8 Å². The molecule has 0 amide bonds. The molecule has 2 aliphatic heterocycles. The standard InChI is InChI=1S/C29H39NO4/c1-24(2,3)25(4,32)19-13-26-10-11-29(19,33-5)23-28(26)15-27(22(26)30(27)14-16-6-7-16)12-17-8-9-18(31)21(34-23)20(17)28/h8-9,16,19,22-23,31-32H,6-7,10-15H2,1-5H3/t19?,22?,23?,25?,26?,27-,28+,29?,30?/m1/s1. The minimum absolute atomic E-state index is 0.0194. The number of rotatable bonds is 4. The second-order valence-electron chi connectivity index (χ2n) is 14.3. The Kier molecular flexibility index (Phi) is 3.37. The maximum atomic E-state index is 12.2. The highest BCUT2D eigenvalue weighted by Gasteiger charge is 2.92. The highest BCUT2D eigenvalue weighted by Crippen LogP contribution is 2.86. The van der Waals surface area contributed by atoms with E-state index in [2.05, 4.69) is 31.7 Å². The average Bonchev–Trinajstić information content (AvgIpc) is 3.64. The molecule has 5 nitrogen and oxygen atoms in total. The van der Waals surface area contributed by atoms with Crippen molar-refractivity contribution >= 4 is 0 Å². The first-order valence-electron chi connectivity index (χ1n) is 13.5. The zero-order chi connectivity index (χ0) is 23.7. The third kappa shape index (κ3) is 1.86. The average molecular weight is 466 g/mol. The van der Waals surface area contributed by atoms with Gasteiger partial charge in [-0.2, -0.15) is 0 Å². The second-order valence-corrected chi connectivity index (χ2v) is 14.3. The summed E-state index contributed by atoms with van der Waals surface area (Å²) in [4.78, 5) is 2.88. The van der Waals surface area contributed by atoms with Gasteiger partial charge in [0.25, 0.3) is 0 Å². The van der Waals surface area contributed by atoms with Crippen LogP contribution in [0.3, 0.4) is 0 Å². The van der Waals surface area contributed by atoms with E-state index in [1.165, 1.54) is 30.5 Å². The summed E-state index contributed by atoms with van der Waals surface area (Å²) in [5.74, 6) is 1.84. The van der Waals surface area contributed by atoms with Crippen LogP contribution in [0.5, 0.6) is 11.5 Å². The number of hydrogen-bond acceptors (Lipinski definition) is 5. The van der Waals surface area contributed by atoms with Crippen LogP contribution in [0.4, 0.5) is 0 Å². The monoisotopic (exact) mass is 465 g/mol. The molecule has 1 saturated heterocycles. The molecule has 2 N–H and O–H groups in total. The van der Waals surface area contributed by atoms with Crippen LogP contribution in [0, 0.1) is 22.7 Å². The van der Waals surface area contributed by atoms with Crippen LogP contribution in [-0.4, -0.2) is 57.7 Å². The largest absolute Gasteiger partial charge is 0.504 e. The number of fused-ring (bicyclic) bond motifs is 2. The normalized spacial score (nSPS) is 50.4. The second kappa shape index (κ2) is 5.50. The van der Waals surface area contributed by atoms with E-state index < -0.39 is 11.2 Å². The van der Waals surface area contributed by atoms with Crippen LogP contribution < -0.4 is 4.74 Å². The third-order valence-corrected chi connectivity index (χ3v) is 12.5. The maximum absolute atomic E-state index is 12.2. The number of ether oxygens (including phenoxy) is 2. The van der Waals surface area contributed by atoms with E-state index in [9.17, 15) is 10.2 Å². The molecular weight excluding hydrogens is 426 g/mol. The molecule has 7 unspecified atom stereocenters. The summed E-state index contributed by atoms with van der Waals surface area (Å²) in [6, 6.07) is 4.58. The number of nitrogens with zero attached hydrogens (tertiary/aromatic N) is 1. The number of aliphatic hydroxyl groups is 1. The Morgan fingerprint density at radius 3 is 2.62 bits per heavy atom. The van der Waals surface area contributed by atoms with Gasteiger partial charge in [-0.15, -0.1) is 0 Å². The summed E-state index contributed by atoms with van der Waals surface area (Å²) in [5.41, 5.74) is 1.12. The van der Waals surface area contributed by atoms with Gasteiger partial charge in [0.1, 0.15) is 11.7 Å². The molecule has 3 spiro atoms. The van der Waals surface area contributed by atoms with Crippen molar-refractivity contribution in [3.8, 4) is 11.5 Å². The smallest absolute Gasteiger partial charge is 0.165 e. The maximum Gasteiger partial charge on any atom is 0.165 e. The molecule has 9 rings (SSSR count). The number of likely N-dealkylation sites (tertiary alicyclic amines) is 1. The van der Waals surface area contributed by atoms with Crippen molar-refractivity contribution in [2.24, 2.45) is 22.7 Å². The predicted octanol–water partition coefficient (Wildman–Crippen LogP) is 4.17. The predicted molar refractivity (Wildman–Crippen MR) is 128 cm³/mol. The molecule has 8 aliphatic rings. The molecule has 5 saturated carbocycles. The van der Waals surface area contributed by atoms with Crippen LogP contribution in [0.25, 0.3) is 0 Å². The van der Waals surface area contributed by atoms with E-state index in [4.69, 9.17) is 9.47 Å². The topological polar surface area (TPSA) is 61.9 Å². The molecule has 9 atom stereocenters. The van der Waals surface area contributed by atoms with Crippen molar-refractivity contribution in [2.75, 3.05) is 13.7 Å². The van der Waals surface area contributed by atoms with Crippen molar-refractivity contribution in [3.05, 3.63) is 23.3 Å². The van der Waals surface area contributed by atoms with E-state index >= 15 is 0 Å². The summed E-state index contributed by atoms with van der Waals surface area (Å²) in [6.45, 7) is 9.76. The molecule has 34 heavy (non-hydrogen) atoms. The first kappa shape index (κ1) is 20.8. The van der Waals surface area contributed by atoms with Crippen LogP contribution in [0.2, 0.25) is 0 Å². The lowest BCUT2D eigenvalue weighted by Crippen LogP contribution is -2.78. The van der Waals surface area contributed by atoms with Crippen LogP contribution in [-0.2, 0) is 16.6 Å². The molecule has 6 fully saturated rings. The molecule has 1 aromatic carbocycles. The molecule has 1 aromatic rings. The van der Waals surface area contributed by atoms with Crippen LogP contribution in [0.15, 0.2) is 12.1 Å². The summed E-state index contributed by atoms with van der Waals surface area (Å²) < 4.78 is 13.5. The third-order valence-electron chi connectivity index (χ3n) is 12.5. The first-order valence-corrected chi connectivity index (χ1v) is 13.5. The Morgan fingerprint density at radius 1 is 1.18 bits per heavy atom. The first-order chi connectivity index (χ1) is 16.0. The van der Waals surface area contributed by atoms with Crippen molar-refractivity contribution in [3.63, 3.8) is 0 Å². The Balaban J connectivity index is 1.38. The number of methoxy groups -OCH3 is 1. The van der Waals surface area contributed by atoms with Gasteiger partial charge in [0.05, 0.1) is 5.60 Å². The Bertz CT molecular complexity index is 1140. The van der Waals surface area contributed by atoms with Crippen molar-refractivity contribution < 1.29 is 19.7 Å². The molecular formula is C29H39NO4. The fourth-order valence-corrected chi connectivity index (χ4v) is 10.5. The van der Waals surface area contributed by atoms with Crippen molar-refractivity contribution in [1.29, 1.82) is 0 Å². The lowest BCUT2D eigenvalue weighted by Gasteiger charge is -2.69. The Morgan fingerprint density at radius 2 is 1.94 bits per heavy atom. The highest BCUT2D eigenvalue weighted by atomic mass is 16.6. The minimum Gasteiger partial charge on any atom is -0.504 e. The highest BCUT2D eigenvalue weighted by molar-refractivity contribution is 5.67. The molecule has 2 heterocycles. The molecule has 6 aliphatic carbocycles. The fraction of sp³-hybridized carbons (Fsp3) is 0.793. The summed E-state index contributed by atoms with van der Waals surface area (Å²) in [6.07, 6.45) is 7.83. The number of piperidine rings is 1. The molecule has 4 bridgehead atoms. The zero-order valence-corrected chi connectivity index (χ0v) is 21.3. The zero-order valence-electron chi connectivity index (χ0n) is 21.3. The number of hydrogen-bond donors (Lipinski definition) is 2. The van der Waals surface area contributed by atoms with Gasteiger partial charge in [-0.3, -0.25) is 4.90 Å². The lowest BCUT2D eigenvalue weighted by atomic mass is 9.38. The number of benzene rings is 1. The van der Waals surface area contributed by atoms with Gasteiger partial charge in [-0.05, 0) is 74.8 Å². The van der Waals surface area contributed by atoms with Crippen molar-refractivity contribution in [1.82, 2.24) is 4.90 Å². The number of aromatic hydroxyl groups is 1. The Labute approximate surface area is 202 Å². The van der Waals surface area contributed by atoms with E-state index in [1.807, 2.05) is 20.1 Å². The molecule has 0 radical (unpaired) electrons. The summed E-state index contributed by atoms with van der Waals surface area (Å²) >= 11 is 0. The van der Waals surface area contributed by atoms with E-state index in [0.29, 0.717) is 6.04 Å². The van der Waals surface area contributed by atoms with Crippen LogP contribution >= 0.6 is 0 Å². The van der Waals surface area contributed by atoms with Gasteiger partial charge in [0.15, 0.2) is 11.5 Å². The van der Waals surface area contributed by atoms with Gasteiger partial charge in [-0.25, -0.2) is 0 Å². The van der Waals surface area contributed by atoms with Gasteiger partial charge >= 0.3 is 0 Å². The number of phenolic OH excluding ortho intramolecular Hbond substituents is 1. The van der Waals surface area contributed by atoms with Crippen LogP contribution in [0.1, 0.15) is 77.3 Å². The SMILES string of the molecule is COC12CCC3(CC1C(C)(O)C(C)(C)C)C1N(CC4CC4)[C@@]14Cc1ccc(O)c5c1[C@@]3(C4)C2O5. The molecule has 5 heteroatoms. The quantitative estimate of drug-likeness (QED) is 0.654. The molecule has 0 aromatic heterocycles.